The molecule has 6 heteroatoms. The second-order valence-corrected chi connectivity index (χ2v) is 14.8. The lowest BCUT2D eigenvalue weighted by Gasteiger charge is -2.38. The Labute approximate surface area is 330 Å². The van der Waals surface area contributed by atoms with Gasteiger partial charge in [0, 0.05) is 62.6 Å². The maximum Gasteiger partial charge on any atom is 0.152 e. The molecule has 3 atom stereocenters. The van der Waals surface area contributed by atoms with Crippen LogP contribution < -0.4 is 4.74 Å². The summed E-state index contributed by atoms with van der Waals surface area (Å²) >= 11 is 0. The van der Waals surface area contributed by atoms with E-state index in [1.54, 1.807) is 0 Å². The number of amidine groups is 1. The molecule has 0 spiro atoms. The van der Waals surface area contributed by atoms with Crippen molar-refractivity contribution in [1.82, 2.24) is 9.55 Å². The Morgan fingerprint density at radius 1 is 0.719 bits per heavy atom. The maximum atomic E-state index is 9.45. The molecule has 57 heavy (non-hydrogen) atoms. The van der Waals surface area contributed by atoms with E-state index in [-0.39, 0.29) is 23.8 Å². The lowest BCUT2D eigenvalue weighted by molar-refractivity contribution is 0.153. The number of aliphatic imine (C=N–C) groups is 1. The van der Waals surface area contributed by atoms with E-state index >= 15 is 0 Å². The highest BCUT2D eigenvalue weighted by atomic mass is 16.5. The molecule has 0 amide bonds. The van der Waals surface area contributed by atoms with Gasteiger partial charge in [-0.05, 0) is 84.6 Å². The molecule has 6 aromatic carbocycles. The zero-order valence-corrected chi connectivity index (χ0v) is 31.8. The standard InChI is InChI=1S/C51H40N4O2/c1-3-4-16-41-39-18-9-12-21-46(39)56-32(2)49(41)50(54-51(52)33-14-6-5-7-15-33)36-27-35(34-23-24-48-42(30-34)40-19-10-13-22-47(40)57-48)28-37(29-36)55-44-20-11-8-17-38(44)43-31-53-26-25-45(43)55/h4-32,41,49,52H,3H2,1-2H3/b16-4-,52-51?,54-50-/t32?,41?,49-/m0/s1. The van der Waals surface area contributed by atoms with E-state index in [4.69, 9.17) is 14.1 Å². The Hall–Kier alpha value is -7.05. The first-order chi connectivity index (χ1) is 28.1. The number of allylic oxidation sites excluding steroid dienone is 2. The van der Waals surface area contributed by atoms with Crippen LogP contribution in [0.2, 0.25) is 0 Å². The Morgan fingerprint density at radius 2 is 1.47 bits per heavy atom. The van der Waals surface area contributed by atoms with Crippen molar-refractivity contribution >= 4 is 55.3 Å². The average molecular weight is 741 g/mol. The molecule has 2 unspecified atom stereocenters. The van der Waals surface area contributed by atoms with Crippen molar-refractivity contribution in [2.75, 3.05) is 0 Å². The molecule has 4 heterocycles. The van der Waals surface area contributed by atoms with Crippen molar-refractivity contribution in [2.45, 2.75) is 32.3 Å². The minimum absolute atomic E-state index is 0.0349. The lowest BCUT2D eigenvalue weighted by atomic mass is 9.75. The fraction of sp³-hybridized carbons (Fsp3) is 0.118. The monoisotopic (exact) mass is 740 g/mol. The number of hydrogen-bond acceptors (Lipinski definition) is 4. The first-order valence-electron chi connectivity index (χ1n) is 19.6. The number of ether oxygens (including phenoxy) is 1. The van der Waals surface area contributed by atoms with E-state index in [9.17, 15) is 5.41 Å². The third kappa shape index (κ3) is 6.01. The number of pyridine rings is 1. The van der Waals surface area contributed by atoms with Crippen LogP contribution in [-0.2, 0) is 0 Å². The van der Waals surface area contributed by atoms with Gasteiger partial charge < -0.3 is 13.7 Å². The lowest BCUT2D eigenvalue weighted by Crippen LogP contribution is -2.39. The molecule has 9 aromatic rings. The summed E-state index contributed by atoms with van der Waals surface area (Å²) in [6.45, 7) is 4.30. The molecule has 1 aliphatic heterocycles. The third-order valence-electron chi connectivity index (χ3n) is 11.3. The summed E-state index contributed by atoms with van der Waals surface area (Å²) in [7, 11) is 0. The van der Waals surface area contributed by atoms with Crippen LogP contribution in [0, 0.1) is 11.3 Å². The van der Waals surface area contributed by atoms with Gasteiger partial charge in [-0.2, -0.15) is 0 Å². The number of para-hydroxylation sites is 3. The SMILES string of the molecule is CC/C=C\C1c2ccccc2OC(C)[C@@H]1/C(=N\C(=N)c1ccccc1)c1cc(-c2ccc3oc4ccccc4c3c2)cc(-n2c3ccccc3c3cnccc32)c1. The van der Waals surface area contributed by atoms with Crippen LogP contribution in [0.1, 0.15) is 42.9 Å². The molecule has 0 saturated heterocycles. The van der Waals surface area contributed by atoms with Gasteiger partial charge in [0.2, 0.25) is 0 Å². The zero-order chi connectivity index (χ0) is 38.5. The highest BCUT2D eigenvalue weighted by molar-refractivity contribution is 6.14. The smallest absolute Gasteiger partial charge is 0.152 e. The van der Waals surface area contributed by atoms with Crippen LogP contribution in [0.4, 0.5) is 0 Å². The molecule has 0 saturated carbocycles. The van der Waals surface area contributed by atoms with Crippen LogP contribution in [-0.4, -0.2) is 27.2 Å². The van der Waals surface area contributed by atoms with Crippen LogP contribution in [0.3, 0.4) is 0 Å². The van der Waals surface area contributed by atoms with E-state index in [1.165, 1.54) is 0 Å². The number of furan rings is 1. The molecule has 1 N–H and O–H groups in total. The largest absolute Gasteiger partial charge is 0.490 e. The van der Waals surface area contributed by atoms with Crippen molar-refractivity contribution in [3.8, 4) is 22.6 Å². The van der Waals surface area contributed by atoms with Gasteiger partial charge in [-0.15, -0.1) is 0 Å². The van der Waals surface area contributed by atoms with Gasteiger partial charge in [0.1, 0.15) is 23.0 Å². The number of nitrogens with one attached hydrogen (secondary N) is 1. The van der Waals surface area contributed by atoms with Crippen molar-refractivity contribution in [2.24, 2.45) is 10.9 Å². The van der Waals surface area contributed by atoms with Crippen molar-refractivity contribution in [1.29, 1.82) is 5.41 Å². The van der Waals surface area contributed by atoms with Gasteiger partial charge in [-0.25, -0.2) is 4.99 Å². The minimum atomic E-state index is -0.242. The van der Waals surface area contributed by atoms with Gasteiger partial charge in [-0.1, -0.05) is 110 Å². The number of rotatable bonds is 7. The van der Waals surface area contributed by atoms with Crippen LogP contribution in [0.5, 0.6) is 5.75 Å². The second-order valence-electron chi connectivity index (χ2n) is 14.8. The average Bonchev–Trinajstić information content (AvgIpc) is 3.80. The Kier molecular flexibility index (Phi) is 8.59. The summed E-state index contributed by atoms with van der Waals surface area (Å²) in [5.74, 6) is 0.847. The zero-order valence-electron chi connectivity index (χ0n) is 31.8. The van der Waals surface area contributed by atoms with Crippen LogP contribution in [0.25, 0.3) is 60.6 Å². The first-order valence-corrected chi connectivity index (χ1v) is 19.6. The van der Waals surface area contributed by atoms with E-state index in [2.05, 4.69) is 133 Å². The molecule has 0 aliphatic carbocycles. The van der Waals surface area contributed by atoms with E-state index in [0.717, 1.165) is 95.1 Å². The van der Waals surface area contributed by atoms with Gasteiger partial charge in [-0.3, -0.25) is 10.4 Å². The molecule has 0 radical (unpaired) electrons. The molecule has 6 nitrogen and oxygen atoms in total. The maximum absolute atomic E-state index is 9.45. The second kappa shape index (κ2) is 14.2. The van der Waals surface area contributed by atoms with E-state index in [0.29, 0.717) is 0 Å². The van der Waals surface area contributed by atoms with Gasteiger partial charge in [0.15, 0.2) is 5.84 Å². The predicted molar refractivity (Wildman–Crippen MR) is 233 cm³/mol. The highest BCUT2D eigenvalue weighted by Crippen LogP contribution is 2.44. The Balaban J connectivity index is 1.27. The molecular weight excluding hydrogens is 701 g/mol. The summed E-state index contributed by atoms with van der Waals surface area (Å²) < 4.78 is 15.3. The fourth-order valence-electron chi connectivity index (χ4n) is 8.69. The Morgan fingerprint density at radius 3 is 2.35 bits per heavy atom. The van der Waals surface area contributed by atoms with Gasteiger partial charge >= 0.3 is 0 Å². The molecule has 0 bridgehead atoms. The quantitative estimate of drug-likeness (QED) is 0.100. The Bertz CT molecular complexity index is 2990. The van der Waals surface area contributed by atoms with Crippen LogP contribution >= 0.6 is 0 Å². The van der Waals surface area contributed by atoms with Crippen LogP contribution in [0.15, 0.2) is 180 Å². The normalized spacial score (nSPS) is 17.1. The minimum Gasteiger partial charge on any atom is -0.490 e. The summed E-state index contributed by atoms with van der Waals surface area (Å²) in [4.78, 5) is 9.87. The summed E-state index contributed by atoms with van der Waals surface area (Å²) in [5.41, 5.74) is 10.5. The van der Waals surface area contributed by atoms with Gasteiger partial charge in [0.05, 0.1) is 16.7 Å². The van der Waals surface area contributed by atoms with E-state index < -0.39 is 0 Å². The number of hydrogen-bond donors (Lipinski definition) is 1. The molecule has 3 aromatic heterocycles. The molecule has 276 valence electrons. The predicted octanol–water partition coefficient (Wildman–Crippen LogP) is 12.7. The third-order valence-corrected chi connectivity index (χ3v) is 11.3. The molecule has 1 aliphatic rings. The first kappa shape index (κ1) is 34.4. The van der Waals surface area contributed by atoms with Gasteiger partial charge in [0.25, 0.3) is 0 Å². The van der Waals surface area contributed by atoms with Crippen molar-refractivity contribution in [3.63, 3.8) is 0 Å². The summed E-state index contributed by atoms with van der Waals surface area (Å²) in [6.07, 6.45) is 9.03. The van der Waals surface area contributed by atoms with E-state index in [1.807, 2.05) is 60.9 Å². The van der Waals surface area contributed by atoms with Crippen molar-refractivity contribution in [3.05, 3.63) is 187 Å². The molecule has 0 fully saturated rings. The summed E-state index contributed by atoms with van der Waals surface area (Å²) in [5, 5.41) is 13.8. The molecular formula is C51H40N4O2. The number of benzene rings is 6. The fourth-order valence-corrected chi connectivity index (χ4v) is 8.69. The van der Waals surface area contributed by atoms with Crippen molar-refractivity contribution < 1.29 is 9.15 Å². The topological polar surface area (TPSA) is 76.4 Å². The number of aromatic nitrogens is 2. The molecule has 10 rings (SSSR count). The summed E-state index contributed by atoms with van der Waals surface area (Å²) in [6, 6.07) is 50.1. The number of fused-ring (bicyclic) bond motifs is 7. The number of nitrogens with zero attached hydrogens (tertiary/aromatic N) is 3. The highest BCUT2D eigenvalue weighted by Gasteiger charge is 2.39.